The van der Waals surface area contributed by atoms with Crippen molar-refractivity contribution in [1.29, 1.82) is 5.26 Å². The fourth-order valence-corrected chi connectivity index (χ4v) is 4.58. The molecule has 0 aliphatic carbocycles. The summed E-state index contributed by atoms with van der Waals surface area (Å²) in [5, 5.41) is 10.0. The van der Waals surface area contributed by atoms with Gasteiger partial charge in [0.25, 0.3) is 0 Å². The van der Waals surface area contributed by atoms with Crippen molar-refractivity contribution < 1.29 is 17.9 Å². The maximum Gasteiger partial charge on any atom is 0.211 e. The van der Waals surface area contributed by atoms with Crippen molar-refractivity contribution in [3.05, 3.63) is 28.9 Å². The molecule has 1 aromatic carbocycles. The van der Waals surface area contributed by atoms with Gasteiger partial charge < -0.3 is 9.47 Å². The van der Waals surface area contributed by atoms with Gasteiger partial charge in [0.15, 0.2) is 11.5 Å². The van der Waals surface area contributed by atoms with Crippen LogP contribution in [0.25, 0.3) is 10.9 Å². The van der Waals surface area contributed by atoms with Crippen LogP contribution in [-0.2, 0) is 10.0 Å². The number of sulfonamides is 1. The number of nitrogens with zero attached hydrogens (tertiary/aromatic N) is 2. The predicted octanol–water partition coefficient (Wildman–Crippen LogP) is 2.87. The monoisotopic (exact) mass is 409 g/mol. The average molecular weight is 410 g/mol. The van der Waals surface area contributed by atoms with E-state index in [9.17, 15) is 8.42 Å². The molecule has 144 valence electrons. The van der Waals surface area contributed by atoms with E-state index in [1.165, 1.54) is 13.3 Å². The SMILES string of the molecule is COc1cc2c(Cl)c(C#N)cnc2cc1OCCCC1CCS(=O)(=O)NC1. The maximum atomic E-state index is 11.4. The lowest BCUT2D eigenvalue weighted by molar-refractivity contribution is 0.273. The third-order valence-corrected chi connectivity index (χ3v) is 6.40. The summed E-state index contributed by atoms with van der Waals surface area (Å²) < 4.78 is 36.6. The number of hydrogen-bond acceptors (Lipinski definition) is 6. The van der Waals surface area contributed by atoms with Gasteiger partial charge >= 0.3 is 0 Å². The number of fused-ring (bicyclic) bond motifs is 1. The van der Waals surface area contributed by atoms with Crippen molar-refractivity contribution in [2.75, 3.05) is 26.0 Å². The first-order valence-electron chi connectivity index (χ1n) is 8.60. The van der Waals surface area contributed by atoms with E-state index in [4.69, 9.17) is 26.3 Å². The summed E-state index contributed by atoms with van der Waals surface area (Å²) in [7, 11) is -1.52. The second-order valence-corrected chi connectivity index (χ2v) is 8.73. The van der Waals surface area contributed by atoms with Gasteiger partial charge in [0.05, 0.1) is 35.6 Å². The molecule has 1 saturated heterocycles. The quantitative estimate of drug-likeness (QED) is 0.736. The third kappa shape index (κ3) is 4.61. The molecule has 1 atom stereocenters. The van der Waals surface area contributed by atoms with E-state index in [0.29, 0.717) is 58.5 Å². The standard InChI is InChI=1S/C18H20ClN3O4S/c1-25-16-7-14-15(21-11-13(9-20)18(14)19)8-17(16)26-5-2-3-12-4-6-27(23,24)22-10-12/h7-8,11-12,22H,2-6,10H2,1H3. The zero-order chi connectivity index (χ0) is 19.4. The fraction of sp³-hybridized carbons (Fsp3) is 0.444. The molecule has 7 nitrogen and oxygen atoms in total. The van der Waals surface area contributed by atoms with Crippen LogP contribution >= 0.6 is 11.6 Å². The van der Waals surface area contributed by atoms with Crippen LogP contribution in [-0.4, -0.2) is 39.4 Å². The van der Waals surface area contributed by atoms with Gasteiger partial charge in [0, 0.05) is 24.2 Å². The summed E-state index contributed by atoms with van der Waals surface area (Å²) in [6, 6.07) is 5.47. The highest BCUT2D eigenvalue weighted by Gasteiger charge is 2.22. The number of ether oxygens (including phenoxy) is 2. The number of hydrogen-bond donors (Lipinski definition) is 1. The molecule has 1 unspecified atom stereocenters. The summed E-state index contributed by atoms with van der Waals surface area (Å²) >= 11 is 6.25. The lowest BCUT2D eigenvalue weighted by atomic mass is 10.0. The number of nitriles is 1. The van der Waals surface area contributed by atoms with Crippen molar-refractivity contribution in [2.45, 2.75) is 19.3 Å². The van der Waals surface area contributed by atoms with E-state index < -0.39 is 10.0 Å². The lowest BCUT2D eigenvalue weighted by Gasteiger charge is -2.22. The second kappa shape index (κ2) is 8.30. The molecule has 0 saturated carbocycles. The molecular weight excluding hydrogens is 390 g/mol. The lowest BCUT2D eigenvalue weighted by Crippen LogP contribution is -2.37. The number of benzene rings is 1. The fourth-order valence-electron chi connectivity index (χ4n) is 3.06. The van der Waals surface area contributed by atoms with Crippen LogP contribution in [0.3, 0.4) is 0 Å². The number of aromatic nitrogens is 1. The minimum atomic E-state index is -3.06. The van der Waals surface area contributed by atoms with Crippen molar-refractivity contribution in [3.8, 4) is 17.6 Å². The molecule has 0 amide bonds. The molecule has 27 heavy (non-hydrogen) atoms. The van der Waals surface area contributed by atoms with Crippen LogP contribution in [0.5, 0.6) is 11.5 Å². The second-order valence-electron chi connectivity index (χ2n) is 6.43. The minimum Gasteiger partial charge on any atom is -0.493 e. The molecule has 3 rings (SSSR count). The van der Waals surface area contributed by atoms with E-state index in [2.05, 4.69) is 9.71 Å². The molecule has 2 heterocycles. The smallest absolute Gasteiger partial charge is 0.211 e. The Morgan fingerprint density at radius 2 is 2.22 bits per heavy atom. The maximum absolute atomic E-state index is 11.4. The molecule has 0 spiro atoms. The van der Waals surface area contributed by atoms with E-state index in [-0.39, 0.29) is 5.75 Å². The molecule has 1 N–H and O–H groups in total. The Kier molecular flexibility index (Phi) is 6.05. The van der Waals surface area contributed by atoms with Crippen LogP contribution in [0, 0.1) is 17.2 Å². The van der Waals surface area contributed by atoms with E-state index in [1.807, 2.05) is 6.07 Å². The topological polar surface area (TPSA) is 101 Å². The number of pyridine rings is 1. The van der Waals surface area contributed by atoms with Gasteiger partial charge in [-0.05, 0) is 31.2 Å². The van der Waals surface area contributed by atoms with Crippen LogP contribution in [0.4, 0.5) is 0 Å². The molecule has 9 heteroatoms. The Balaban J connectivity index is 1.64. The van der Waals surface area contributed by atoms with Crippen molar-refractivity contribution in [3.63, 3.8) is 0 Å². The predicted molar refractivity (Wildman–Crippen MR) is 103 cm³/mol. The molecule has 1 aliphatic heterocycles. The molecule has 0 bridgehead atoms. The molecule has 1 aromatic heterocycles. The average Bonchev–Trinajstić information content (AvgIpc) is 2.66. The van der Waals surface area contributed by atoms with E-state index in [1.54, 1.807) is 12.1 Å². The number of rotatable bonds is 6. The van der Waals surface area contributed by atoms with Gasteiger partial charge in [-0.3, -0.25) is 4.98 Å². The zero-order valence-corrected chi connectivity index (χ0v) is 16.4. The van der Waals surface area contributed by atoms with Gasteiger partial charge in [-0.25, -0.2) is 13.1 Å². The molecule has 1 fully saturated rings. The van der Waals surface area contributed by atoms with E-state index >= 15 is 0 Å². The van der Waals surface area contributed by atoms with Crippen LogP contribution in [0.2, 0.25) is 5.02 Å². The summed E-state index contributed by atoms with van der Waals surface area (Å²) in [5.74, 6) is 1.60. The first-order valence-corrected chi connectivity index (χ1v) is 10.6. The normalized spacial score (nSPS) is 18.8. The highest BCUT2D eigenvalue weighted by atomic mass is 35.5. The highest BCUT2D eigenvalue weighted by molar-refractivity contribution is 7.89. The van der Waals surface area contributed by atoms with Crippen molar-refractivity contribution in [2.24, 2.45) is 5.92 Å². The van der Waals surface area contributed by atoms with Gasteiger partial charge in [0.2, 0.25) is 10.0 Å². The van der Waals surface area contributed by atoms with Crippen LogP contribution in [0.1, 0.15) is 24.8 Å². The van der Waals surface area contributed by atoms with Gasteiger partial charge in [0.1, 0.15) is 6.07 Å². The molecular formula is C18H20ClN3O4S. The van der Waals surface area contributed by atoms with Crippen LogP contribution in [0.15, 0.2) is 18.3 Å². The van der Waals surface area contributed by atoms with Gasteiger partial charge in [-0.2, -0.15) is 5.26 Å². The highest BCUT2D eigenvalue weighted by Crippen LogP contribution is 2.35. The Morgan fingerprint density at radius 3 is 2.89 bits per heavy atom. The Labute approximate surface area is 163 Å². The number of methoxy groups -OCH3 is 1. The van der Waals surface area contributed by atoms with Crippen molar-refractivity contribution >= 4 is 32.5 Å². The minimum absolute atomic E-state index is 0.189. The first-order chi connectivity index (χ1) is 12.9. The largest absolute Gasteiger partial charge is 0.493 e. The molecule has 0 radical (unpaired) electrons. The van der Waals surface area contributed by atoms with Crippen LogP contribution < -0.4 is 14.2 Å². The zero-order valence-electron chi connectivity index (χ0n) is 14.9. The summed E-state index contributed by atoms with van der Waals surface area (Å²) in [6.45, 7) is 0.973. The Hall–Kier alpha value is -2.08. The Morgan fingerprint density at radius 1 is 1.41 bits per heavy atom. The summed E-state index contributed by atoms with van der Waals surface area (Å²) in [6.07, 6.45) is 3.80. The molecule has 1 aliphatic rings. The first kappa shape index (κ1) is 19.7. The summed E-state index contributed by atoms with van der Waals surface area (Å²) in [4.78, 5) is 4.26. The third-order valence-electron chi connectivity index (χ3n) is 4.61. The van der Waals surface area contributed by atoms with Gasteiger partial charge in [-0.1, -0.05) is 11.6 Å². The molecule has 2 aromatic rings. The number of nitrogens with one attached hydrogen (secondary N) is 1. The Bertz CT molecular complexity index is 974. The van der Waals surface area contributed by atoms with Gasteiger partial charge in [-0.15, -0.1) is 0 Å². The summed E-state index contributed by atoms with van der Waals surface area (Å²) in [5.41, 5.74) is 0.930. The number of halogens is 1. The van der Waals surface area contributed by atoms with Crippen molar-refractivity contribution in [1.82, 2.24) is 9.71 Å². The van der Waals surface area contributed by atoms with E-state index in [0.717, 1.165) is 12.8 Å².